The van der Waals surface area contributed by atoms with Crippen molar-refractivity contribution in [2.75, 3.05) is 19.8 Å². The molecule has 0 saturated carbocycles. The predicted octanol–water partition coefficient (Wildman–Crippen LogP) is 1.81. The Morgan fingerprint density at radius 2 is 2.16 bits per heavy atom. The molecular weight excluding hydrogens is 240 g/mol. The third kappa shape index (κ3) is 3.76. The summed E-state index contributed by atoms with van der Waals surface area (Å²) in [6.07, 6.45) is 4.92. The maximum atomic E-state index is 5.46. The van der Waals surface area contributed by atoms with E-state index in [-0.39, 0.29) is 0 Å². The van der Waals surface area contributed by atoms with E-state index in [4.69, 9.17) is 4.74 Å². The summed E-state index contributed by atoms with van der Waals surface area (Å²) in [7, 11) is 0. The molecule has 1 unspecified atom stereocenters. The molecule has 5 heteroatoms. The van der Waals surface area contributed by atoms with Crippen LogP contribution in [0.3, 0.4) is 0 Å². The van der Waals surface area contributed by atoms with Gasteiger partial charge in [-0.05, 0) is 39.2 Å². The Labute approximate surface area is 115 Å². The highest BCUT2D eigenvalue weighted by Crippen LogP contribution is 2.21. The van der Waals surface area contributed by atoms with Crippen molar-refractivity contribution in [2.45, 2.75) is 52.1 Å². The number of hydrogen-bond acceptors (Lipinski definition) is 4. The number of rotatable bonds is 6. The van der Waals surface area contributed by atoms with Crippen molar-refractivity contribution in [3.05, 3.63) is 12.2 Å². The maximum Gasteiger partial charge on any atom is 0.138 e. The molecule has 108 valence electrons. The molecule has 1 aromatic rings. The summed E-state index contributed by atoms with van der Waals surface area (Å²) in [5.74, 6) is 1.78. The number of nitrogens with zero attached hydrogens (tertiary/aromatic N) is 3. The van der Waals surface area contributed by atoms with Crippen LogP contribution in [0.4, 0.5) is 0 Å². The minimum atomic E-state index is 0.370. The van der Waals surface area contributed by atoms with Crippen LogP contribution in [0.2, 0.25) is 0 Å². The van der Waals surface area contributed by atoms with Crippen molar-refractivity contribution in [2.24, 2.45) is 5.92 Å². The van der Waals surface area contributed by atoms with Gasteiger partial charge in [-0.3, -0.25) is 0 Å². The average molecular weight is 266 g/mol. The second kappa shape index (κ2) is 7.01. The lowest BCUT2D eigenvalue weighted by Gasteiger charge is -2.30. The van der Waals surface area contributed by atoms with Gasteiger partial charge in [-0.25, -0.2) is 9.67 Å². The van der Waals surface area contributed by atoms with Gasteiger partial charge in [0.05, 0.1) is 0 Å². The van der Waals surface area contributed by atoms with Crippen molar-refractivity contribution >= 4 is 0 Å². The van der Waals surface area contributed by atoms with Crippen LogP contribution in [-0.2, 0) is 11.2 Å². The van der Waals surface area contributed by atoms with Crippen molar-refractivity contribution in [1.82, 2.24) is 20.1 Å². The van der Waals surface area contributed by atoms with Gasteiger partial charge in [-0.1, -0.05) is 6.92 Å². The summed E-state index contributed by atoms with van der Waals surface area (Å²) in [6, 6.07) is 0.852. The zero-order valence-electron chi connectivity index (χ0n) is 12.3. The predicted molar refractivity (Wildman–Crippen MR) is 75.1 cm³/mol. The Morgan fingerprint density at radius 3 is 2.79 bits per heavy atom. The molecule has 1 fully saturated rings. The lowest BCUT2D eigenvalue weighted by Crippen LogP contribution is -2.41. The summed E-state index contributed by atoms with van der Waals surface area (Å²) in [6.45, 7) is 9.24. The van der Waals surface area contributed by atoms with Crippen molar-refractivity contribution < 1.29 is 4.74 Å². The summed E-state index contributed by atoms with van der Waals surface area (Å²) in [5, 5.41) is 7.95. The number of aromatic nitrogens is 3. The fourth-order valence-electron chi connectivity index (χ4n) is 2.83. The second-order valence-corrected chi connectivity index (χ2v) is 5.53. The van der Waals surface area contributed by atoms with Gasteiger partial charge in [0.2, 0.25) is 0 Å². The Bertz CT molecular complexity index is 371. The third-order valence-corrected chi connectivity index (χ3v) is 3.84. The van der Waals surface area contributed by atoms with E-state index in [1.54, 1.807) is 6.33 Å². The van der Waals surface area contributed by atoms with Crippen LogP contribution < -0.4 is 5.32 Å². The fraction of sp³-hybridized carbons (Fsp3) is 0.857. The molecule has 1 aromatic heterocycles. The van der Waals surface area contributed by atoms with Crippen LogP contribution in [0.25, 0.3) is 0 Å². The summed E-state index contributed by atoms with van der Waals surface area (Å²) in [4.78, 5) is 4.43. The molecule has 0 bridgehead atoms. The van der Waals surface area contributed by atoms with E-state index in [0.29, 0.717) is 18.0 Å². The molecule has 0 aliphatic carbocycles. The van der Waals surface area contributed by atoms with E-state index in [1.165, 1.54) is 0 Å². The number of hydrogen-bond donors (Lipinski definition) is 1. The van der Waals surface area contributed by atoms with Crippen LogP contribution in [-0.4, -0.2) is 40.6 Å². The number of nitrogens with one attached hydrogen (secondary N) is 1. The molecule has 1 aliphatic heterocycles. The maximum absolute atomic E-state index is 5.46. The molecular formula is C14H26N4O. The first-order valence-corrected chi connectivity index (χ1v) is 7.41. The van der Waals surface area contributed by atoms with Gasteiger partial charge in [-0.2, -0.15) is 5.10 Å². The minimum Gasteiger partial charge on any atom is -0.381 e. The van der Waals surface area contributed by atoms with E-state index in [2.05, 4.69) is 36.2 Å². The molecule has 1 saturated heterocycles. The monoisotopic (exact) mass is 266 g/mol. The normalized spacial score (nSPS) is 18.9. The first-order chi connectivity index (χ1) is 9.22. The zero-order valence-corrected chi connectivity index (χ0v) is 12.3. The average Bonchev–Trinajstić information content (AvgIpc) is 2.88. The molecule has 0 aromatic carbocycles. The quantitative estimate of drug-likeness (QED) is 0.853. The molecule has 19 heavy (non-hydrogen) atoms. The van der Waals surface area contributed by atoms with Crippen LogP contribution in [0, 0.1) is 5.92 Å². The lowest BCUT2D eigenvalue weighted by atomic mass is 9.89. The van der Waals surface area contributed by atoms with E-state index in [1.807, 2.05) is 4.68 Å². The minimum absolute atomic E-state index is 0.370. The van der Waals surface area contributed by atoms with Crippen LogP contribution in [0.1, 0.15) is 45.5 Å². The Hall–Kier alpha value is -0.940. The highest BCUT2D eigenvalue weighted by molar-refractivity contribution is 4.94. The molecule has 2 rings (SSSR count). The van der Waals surface area contributed by atoms with Gasteiger partial charge in [0.25, 0.3) is 0 Å². The van der Waals surface area contributed by atoms with E-state index < -0.39 is 0 Å². The van der Waals surface area contributed by atoms with E-state index >= 15 is 0 Å². The highest BCUT2D eigenvalue weighted by Gasteiger charge is 2.25. The van der Waals surface area contributed by atoms with Crippen molar-refractivity contribution in [3.8, 4) is 0 Å². The second-order valence-electron chi connectivity index (χ2n) is 5.53. The molecule has 0 radical (unpaired) electrons. The highest BCUT2D eigenvalue weighted by atomic mass is 16.5. The third-order valence-electron chi connectivity index (χ3n) is 3.84. The molecule has 1 atom stereocenters. The Balaban J connectivity index is 2.04. The zero-order chi connectivity index (χ0) is 13.7. The molecule has 2 heterocycles. The largest absolute Gasteiger partial charge is 0.381 e. The van der Waals surface area contributed by atoms with Gasteiger partial charge in [0, 0.05) is 31.7 Å². The standard InChI is InChI=1S/C14H26N4O/c1-4-15-13(12-5-7-19-8-6-12)9-14-16-10-17-18(14)11(2)3/h10-13,15H,4-9H2,1-3H3. The summed E-state index contributed by atoms with van der Waals surface area (Å²) >= 11 is 0. The van der Waals surface area contributed by atoms with Crippen LogP contribution in [0.5, 0.6) is 0 Å². The van der Waals surface area contributed by atoms with Gasteiger partial charge in [-0.15, -0.1) is 0 Å². The molecule has 5 nitrogen and oxygen atoms in total. The Morgan fingerprint density at radius 1 is 1.42 bits per heavy atom. The smallest absolute Gasteiger partial charge is 0.138 e. The SMILES string of the molecule is CCNC(Cc1ncnn1C(C)C)C1CCOCC1. The van der Waals surface area contributed by atoms with E-state index in [0.717, 1.165) is 44.8 Å². The molecule has 0 amide bonds. The van der Waals surface area contributed by atoms with Gasteiger partial charge < -0.3 is 10.1 Å². The first-order valence-electron chi connectivity index (χ1n) is 7.41. The molecule has 1 aliphatic rings. The lowest BCUT2D eigenvalue weighted by molar-refractivity contribution is 0.0535. The Kier molecular flexibility index (Phi) is 5.34. The molecule has 1 N–H and O–H groups in total. The van der Waals surface area contributed by atoms with Gasteiger partial charge in [0.1, 0.15) is 12.2 Å². The fourth-order valence-corrected chi connectivity index (χ4v) is 2.83. The van der Waals surface area contributed by atoms with E-state index in [9.17, 15) is 0 Å². The summed E-state index contributed by atoms with van der Waals surface area (Å²) in [5.41, 5.74) is 0. The van der Waals surface area contributed by atoms with Crippen LogP contribution in [0.15, 0.2) is 6.33 Å². The first kappa shape index (κ1) is 14.5. The van der Waals surface area contributed by atoms with Crippen molar-refractivity contribution in [1.29, 1.82) is 0 Å². The van der Waals surface area contributed by atoms with Gasteiger partial charge >= 0.3 is 0 Å². The number of ether oxygens (including phenoxy) is 1. The molecule has 0 spiro atoms. The van der Waals surface area contributed by atoms with Gasteiger partial charge in [0.15, 0.2) is 0 Å². The summed E-state index contributed by atoms with van der Waals surface area (Å²) < 4.78 is 7.50. The number of likely N-dealkylation sites (N-methyl/N-ethyl adjacent to an activating group) is 1. The van der Waals surface area contributed by atoms with Crippen LogP contribution >= 0.6 is 0 Å². The topological polar surface area (TPSA) is 52.0 Å². The van der Waals surface area contributed by atoms with Crippen molar-refractivity contribution in [3.63, 3.8) is 0 Å².